The van der Waals surface area contributed by atoms with Crippen LogP contribution in [0.25, 0.3) is 21.8 Å². The molecule has 0 saturated carbocycles. The molecule has 1 amide bonds. The maximum atomic E-state index is 13.2. The lowest BCUT2D eigenvalue weighted by molar-refractivity contribution is 0.0774. The van der Waals surface area contributed by atoms with Gasteiger partial charge in [0.25, 0.3) is 5.91 Å². The van der Waals surface area contributed by atoms with Gasteiger partial charge in [0, 0.05) is 58.9 Å². The lowest BCUT2D eigenvalue weighted by atomic mass is 9.84. The lowest BCUT2D eigenvalue weighted by Crippen LogP contribution is -2.35. The average molecular weight is 639 g/mol. The zero-order valence-corrected chi connectivity index (χ0v) is 26.9. The first-order chi connectivity index (χ1) is 23.7. The van der Waals surface area contributed by atoms with E-state index >= 15 is 0 Å². The molecule has 2 N–H and O–H groups in total. The summed E-state index contributed by atoms with van der Waals surface area (Å²) in [6.45, 7) is 1.82. The molecule has 0 bridgehead atoms. The van der Waals surface area contributed by atoms with Crippen molar-refractivity contribution in [1.82, 2.24) is 14.9 Å². The molecule has 2 aromatic heterocycles. The fourth-order valence-corrected chi connectivity index (χ4v) is 7.17. The predicted octanol–water partition coefficient (Wildman–Crippen LogP) is 8.40. The minimum Gasteiger partial charge on any atom is -0.494 e. The number of hydrogen-bond acceptors (Lipinski definition) is 5. The lowest BCUT2D eigenvalue weighted by Gasteiger charge is -2.20. The van der Waals surface area contributed by atoms with Crippen molar-refractivity contribution in [1.29, 1.82) is 0 Å². The Kier molecular flexibility index (Phi) is 8.06. The van der Waals surface area contributed by atoms with Gasteiger partial charge in [0.05, 0.1) is 37.6 Å². The third-order valence-corrected chi connectivity index (χ3v) is 9.58. The molecule has 8 nitrogen and oxygen atoms in total. The third kappa shape index (κ3) is 5.57. The number of nitrogens with zero attached hydrogens (tertiary/aromatic N) is 2. The van der Waals surface area contributed by atoms with Gasteiger partial charge in [0.1, 0.15) is 5.75 Å². The number of amides is 1. The Hall–Kier alpha value is -5.50. The van der Waals surface area contributed by atoms with Gasteiger partial charge in [-0.2, -0.15) is 0 Å². The van der Waals surface area contributed by atoms with Crippen LogP contribution in [0.4, 0.5) is 5.69 Å². The fourth-order valence-electron chi connectivity index (χ4n) is 7.17. The van der Waals surface area contributed by atoms with Gasteiger partial charge >= 0.3 is 0 Å². The number of methoxy groups -OCH3 is 1. The van der Waals surface area contributed by atoms with Crippen LogP contribution in [0.2, 0.25) is 0 Å². The van der Waals surface area contributed by atoms with Crippen LogP contribution >= 0.6 is 0 Å². The Balaban J connectivity index is 0.944. The van der Waals surface area contributed by atoms with Crippen molar-refractivity contribution >= 4 is 39.6 Å². The number of fused-ring (bicyclic) bond motifs is 4. The average Bonchev–Trinajstić information content (AvgIpc) is 3.87. The number of hydrogen-bond donors (Lipinski definition) is 2. The topological polar surface area (TPSA) is 91.9 Å². The van der Waals surface area contributed by atoms with Crippen LogP contribution < -0.4 is 14.2 Å². The maximum absolute atomic E-state index is 13.2. The number of carbonyl (C=O) groups is 1. The summed E-state index contributed by atoms with van der Waals surface area (Å²) in [5.41, 5.74) is 7.07. The quantitative estimate of drug-likeness (QED) is 0.139. The van der Waals surface area contributed by atoms with E-state index in [1.807, 2.05) is 23.2 Å². The molecule has 8 heteroatoms. The van der Waals surface area contributed by atoms with Crippen molar-refractivity contribution in [2.24, 2.45) is 4.99 Å². The highest BCUT2D eigenvalue weighted by Crippen LogP contribution is 2.41. The molecule has 6 aromatic rings. The van der Waals surface area contributed by atoms with Crippen molar-refractivity contribution in [3.8, 4) is 17.2 Å². The van der Waals surface area contributed by atoms with Crippen molar-refractivity contribution in [3.05, 3.63) is 120 Å². The molecule has 0 spiro atoms. The van der Waals surface area contributed by atoms with E-state index in [2.05, 4.69) is 94.1 Å². The number of rotatable bonds is 11. The Bertz CT molecular complexity index is 2050. The molecule has 1 atom stereocenters. The number of H-pyrrole nitrogens is 2. The van der Waals surface area contributed by atoms with Gasteiger partial charge in [-0.25, -0.2) is 0 Å². The minimum absolute atomic E-state index is 0.00490. The van der Waals surface area contributed by atoms with E-state index in [4.69, 9.17) is 14.2 Å². The molecule has 2 aliphatic heterocycles. The second kappa shape index (κ2) is 13.0. The summed E-state index contributed by atoms with van der Waals surface area (Å²) in [7, 11) is 1.60. The van der Waals surface area contributed by atoms with Gasteiger partial charge < -0.3 is 29.1 Å². The van der Waals surface area contributed by atoms with Crippen LogP contribution in [0.15, 0.2) is 102 Å². The standard InChI is InChI=1S/C40H38N4O4/c1-46-37-21-31-36(41-23-27-11-9-17-44(27)40(31)45)22-38(37)48-19-7-6-18-47-28-12-8-10-26(20-28)39(32-24-42-34-15-4-2-13-29(32)34)33-25-43-35-16-5-3-14-30(33)35/h2-5,8,10,12-16,20-25,27,39,42-43H,6-7,9,11,17-19H2,1H3/t27-/m0/s1. The normalized spacial score (nSPS) is 15.6. The number of nitrogens with one attached hydrogen (secondary N) is 2. The van der Waals surface area contributed by atoms with Crippen LogP contribution in [-0.4, -0.2) is 59.9 Å². The largest absolute Gasteiger partial charge is 0.494 e. The molecule has 4 aromatic carbocycles. The smallest absolute Gasteiger partial charge is 0.256 e. The van der Waals surface area contributed by atoms with E-state index in [1.54, 1.807) is 13.2 Å². The second-order valence-corrected chi connectivity index (χ2v) is 12.5. The number of para-hydroxylation sites is 2. The zero-order chi connectivity index (χ0) is 32.5. The molecule has 48 heavy (non-hydrogen) atoms. The molecule has 0 aliphatic carbocycles. The molecule has 0 radical (unpaired) electrons. The van der Waals surface area contributed by atoms with Gasteiger partial charge in [-0.15, -0.1) is 0 Å². The van der Waals surface area contributed by atoms with Crippen LogP contribution in [0.1, 0.15) is 58.6 Å². The number of benzene rings is 4. The summed E-state index contributed by atoms with van der Waals surface area (Å²) < 4.78 is 18.0. The first-order valence-corrected chi connectivity index (χ1v) is 16.7. The van der Waals surface area contributed by atoms with Crippen LogP contribution in [0.5, 0.6) is 17.2 Å². The Labute approximate surface area is 279 Å². The van der Waals surface area contributed by atoms with Crippen molar-refractivity contribution < 1.29 is 19.0 Å². The van der Waals surface area contributed by atoms with Crippen LogP contribution in [0.3, 0.4) is 0 Å². The summed E-state index contributed by atoms with van der Waals surface area (Å²) in [6.07, 6.45) is 9.73. The number of aliphatic imine (C=N–C) groups is 1. The minimum atomic E-state index is 0.00490. The van der Waals surface area contributed by atoms with E-state index in [0.717, 1.165) is 49.0 Å². The first kappa shape index (κ1) is 29.9. The number of aromatic nitrogens is 2. The highest BCUT2D eigenvalue weighted by molar-refractivity contribution is 6.03. The summed E-state index contributed by atoms with van der Waals surface area (Å²) in [5.74, 6) is 2.00. The number of unbranched alkanes of at least 4 members (excludes halogenated alkanes) is 1. The molecular formula is C40H38N4O4. The summed E-state index contributed by atoms with van der Waals surface area (Å²) in [6, 6.07) is 29.0. The van der Waals surface area contributed by atoms with E-state index < -0.39 is 0 Å². The second-order valence-electron chi connectivity index (χ2n) is 12.5. The SMILES string of the molecule is COc1cc2c(cc1OCCCCOc1cccc(C(c3c[nH]c4ccccc34)c3c[nH]c4ccccc34)c1)N=C[C@@H]1CCCN1C2=O. The van der Waals surface area contributed by atoms with Crippen molar-refractivity contribution in [2.45, 2.75) is 37.6 Å². The molecule has 1 fully saturated rings. The summed E-state index contributed by atoms with van der Waals surface area (Å²) >= 11 is 0. The molecule has 4 heterocycles. The molecule has 0 unspecified atom stereocenters. The zero-order valence-electron chi connectivity index (χ0n) is 26.9. The van der Waals surface area contributed by atoms with Gasteiger partial charge in [-0.05, 0) is 72.7 Å². The summed E-state index contributed by atoms with van der Waals surface area (Å²) in [4.78, 5) is 26.7. The van der Waals surface area contributed by atoms with Gasteiger partial charge in [-0.1, -0.05) is 48.5 Å². The Morgan fingerprint density at radius 2 is 1.54 bits per heavy atom. The van der Waals surface area contributed by atoms with Crippen LogP contribution in [0, 0.1) is 0 Å². The maximum Gasteiger partial charge on any atom is 0.256 e. The van der Waals surface area contributed by atoms with Gasteiger partial charge in [-0.3, -0.25) is 9.79 Å². The highest BCUT2D eigenvalue weighted by Gasteiger charge is 2.32. The van der Waals surface area contributed by atoms with Crippen molar-refractivity contribution in [3.63, 3.8) is 0 Å². The third-order valence-electron chi connectivity index (χ3n) is 9.58. The first-order valence-electron chi connectivity index (χ1n) is 16.7. The number of aromatic amines is 2. The van der Waals surface area contributed by atoms with Gasteiger partial charge in [0.2, 0.25) is 0 Å². The molecule has 1 saturated heterocycles. The van der Waals surface area contributed by atoms with E-state index in [9.17, 15) is 4.79 Å². The van der Waals surface area contributed by atoms with E-state index in [-0.39, 0.29) is 17.9 Å². The molecule has 8 rings (SSSR count). The Morgan fingerprint density at radius 1 is 0.833 bits per heavy atom. The molecule has 242 valence electrons. The van der Waals surface area contributed by atoms with Crippen molar-refractivity contribution in [2.75, 3.05) is 26.9 Å². The summed E-state index contributed by atoms with van der Waals surface area (Å²) in [5, 5.41) is 2.42. The van der Waals surface area contributed by atoms with Crippen LogP contribution in [-0.2, 0) is 0 Å². The molecule has 2 aliphatic rings. The monoisotopic (exact) mass is 638 g/mol. The van der Waals surface area contributed by atoms with E-state index in [1.165, 1.54) is 27.5 Å². The number of carbonyl (C=O) groups excluding carboxylic acids is 1. The number of ether oxygens (including phenoxy) is 3. The predicted molar refractivity (Wildman–Crippen MR) is 189 cm³/mol. The fraction of sp³-hybridized carbons (Fsp3) is 0.250. The Morgan fingerprint density at radius 3 is 2.27 bits per heavy atom. The van der Waals surface area contributed by atoms with Gasteiger partial charge in [0.15, 0.2) is 11.5 Å². The highest BCUT2D eigenvalue weighted by atomic mass is 16.5. The molecular weight excluding hydrogens is 600 g/mol. The van der Waals surface area contributed by atoms with E-state index in [0.29, 0.717) is 36.0 Å².